The summed E-state index contributed by atoms with van der Waals surface area (Å²) in [4.78, 5) is 0. The van der Waals surface area contributed by atoms with E-state index in [4.69, 9.17) is 0 Å². The quantitative estimate of drug-likeness (QED) is 0.901. The van der Waals surface area contributed by atoms with Crippen LogP contribution >= 0.6 is 15.9 Å². The summed E-state index contributed by atoms with van der Waals surface area (Å²) in [5, 5.41) is 20.3. The second-order valence-electron chi connectivity index (χ2n) is 4.74. The molecule has 1 unspecified atom stereocenters. The third-order valence-corrected chi connectivity index (χ3v) is 4.42. The van der Waals surface area contributed by atoms with E-state index in [0.717, 1.165) is 12.8 Å². The monoisotopic (exact) mass is 302 g/mol. The van der Waals surface area contributed by atoms with E-state index in [1.54, 1.807) is 12.1 Å². The van der Waals surface area contributed by atoms with Crippen molar-refractivity contribution in [1.29, 1.82) is 0 Å². The number of rotatable bonds is 3. The van der Waals surface area contributed by atoms with Crippen LogP contribution in [-0.4, -0.2) is 21.9 Å². The van der Waals surface area contributed by atoms with Crippen LogP contribution in [0.4, 0.5) is 4.39 Å². The standard InChI is InChI=1S/C13H16BrFO2/c14-12-9(4-3-5-10(12)15)8-11(16)13(17)6-1-2-7-13/h3-5,11,16-17H,1-2,6-8H2. The third kappa shape index (κ3) is 2.69. The van der Waals surface area contributed by atoms with Crippen LogP contribution in [0.2, 0.25) is 0 Å². The molecule has 0 aromatic heterocycles. The summed E-state index contributed by atoms with van der Waals surface area (Å²) in [6, 6.07) is 4.74. The van der Waals surface area contributed by atoms with Crippen LogP contribution in [0.3, 0.4) is 0 Å². The smallest absolute Gasteiger partial charge is 0.137 e. The number of aliphatic hydroxyl groups excluding tert-OH is 1. The SMILES string of the molecule is OC(Cc1cccc(F)c1Br)C1(O)CCCC1. The predicted molar refractivity (Wildman–Crippen MR) is 67.2 cm³/mol. The third-order valence-electron chi connectivity index (χ3n) is 3.53. The number of benzene rings is 1. The zero-order valence-electron chi connectivity index (χ0n) is 9.50. The van der Waals surface area contributed by atoms with Crippen molar-refractivity contribution in [3.8, 4) is 0 Å². The lowest BCUT2D eigenvalue weighted by Gasteiger charge is -2.28. The average molecular weight is 303 g/mol. The Morgan fingerprint density at radius 3 is 2.65 bits per heavy atom. The van der Waals surface area contributed by atoms with E-state index >= 15 is 0 Å². The van der Waals surface area contributed by atoms with Gasteiger partial charge in [0.15, 0.2) is 0 Å². The van der Waals surface area contributed by atoms with Crippen molar-refractivity contribution in [3.63, 3.8) is 0 Å². The molecule has 94 valence electrons. The molecule has 4 heteroatoms. The minimum absolute atomic E-state index is 0.273. The zero-order chi connectivity index (χ0) is 12.5. The van der Waals surface area contributed by atoms with E-state index in [0.29, 0.717) is 22.9 Å². The maximum absolute atomic E-state index is 13.3. The highest BCUT2D eigenvalue weighted by Gasteiger charge is 2.38. The molecule has 1 saturated carbocycles. The van der Waals surface area contributed by atoms with Crippen molar-refractivity contribution in [3.05, 3.63) is 34.1 Å². The van der Waals surface area contributed by atoms with Crippen molar-refractivity contribution in [1.82, 2.24) is 0 Å². The van der Waals surface area contributed by atoms with Gasteiger partial charge in [0.1, 0.15) is 5.82 Å². The zero-order valence-corrected chi connectivity index (χ0v) is 11.1. The lowest BCUT2D eigenvalue weighted by Crippen LogP contribution is -2.40. The van der Waals surface area contributed by atoms with Crippen molar-refractivity contribution in [2.45, 2.75) is 43.8 Å². The summed E-state index contributed by atoms with van der Waals surface area (Å²) in [7, 11) is 0. The lowest BCUT2D eigenvalue weighted by atomic mass is 9.90. The van der Waals surface area contributed by atoms with E-state index < -0.39 is 11.7 Å². The molecule has 0 amide bonds. The molecule has 1 atom stereocenters. The summed E-state index contributed by atoms with van der Waals surface area (Å²) in [6.07, 6.45) is 2.58. The van der Waals surface area contributed by atoms with Crippen LogP contribution in [0.25, 0.3) is 0 Å². The fraction of sp³-hybridized carbons (Fsp3) is 0.538. The first-order valence-electron chi connectivity index (χ1n) is 5.86. The van der Waals surface area contributed by atoms with Gasteiger partial charge in [0.25, 0.3) is 0 Å². The second kappa shape index (κ2) is 5.04. The minimum atomic E-state index is -0.994. The molecule has 0 aliphatic heterocycles. The van der Waals surface area contributed by atoms with E-state index in [1.807, 2.05) is 0 Å². The van der Waals surface area contributed by atoms with Crippen molar-refractivity contribution >= 4 is 15.9 Å². The van der Waals surface area contributed by atoms with Gasteiger partial charge >= 0.3 is 0 Å². The van der Waals surface area contributed by atoms with Gasteiger partial charge in [-0.15, -0.1) is 0 Å². The number of hydrogen-bond acceptors (Lipinski definition) is 2. The highest BCUT2D eigenvalue weighted by Crippen LogP contribution is 2.34. The maximum atomic E-state index is 13.3. The summed E-state index contributed by atoms with van der Waals surface area (Å²) >= 11 is 3.17. The number of hydrogen-bond donors (Lipinski definition) is 2. The molecule has 1 aromatic rings. The first kappa shape index (κ1) is 13.0. The molecule has 0 radical (unpaired) electrons. The fourth-order valence-corrected chi connectivity index (χ4v) is 2.85. The van der Waals surface area contributed by atoms with E-state index in [-0.39, 0.29) is 12.2 Å². The molecule has 1 aromatic carbocycles. The summed E-state index contributed by atoms with van der Waals surface area (Å²) in [6.45, 7) is 0. The minimum Gasteiger partial charge on any atom is -0.390 e. The van der Waals surface area contributed by atoms with Crippen molar-refractivity contribution in [2.75, 3.05) is 0 Å². The highest BCUT2D eigenvalue weighted by molar-refractivity contribution is 9.10. The summed E-state index contributed by atoms with van der Waals surface area (Å²) in [5.74, 6) is -0.340. The molecule has 1 aliphatic rings. The largest absolute Gasteiger partial charge is 0.390 e. The van der Waals surface area contributed by atoms with E-state index in [9.17, 15) is 14.6 Å². The van der Waals surface area contributed by atoms with Gasteiger partial charge < -0.3 is 10.2 Å². The maximum Gasteiger partial charge on any atom is 0.137 e. The second-order valence-corrected chi connectivity index (χ2v) is 5.54. The number of aliphatic hydroxyl groups is 2. The van der Waals surface area contributed by atoms with Crippen molar-refractivity contribution < 1.29 is 14.6 Å². The van der Waals surface area contributed by atoms with Gasteiger partial charge in [-0.1, -0.05) is 25.0 Å². The van der Waals surface area contributed by atoms with Gasteiger partial charge in [-0.3, -0.25) is 0 Å². The Labute approximate surface area is 109 Å². The highest BCUT2D eigenvalue weighted by atomic mass is 79.9. The number of halogens is 2. The predicted octanol–water partition coefficient (Wildman–Crippen LogP) is 2.80. The molecule has 1 fully saturated rings. The Hall–Kier alpha value is -0.450. The Bertz CT molecular complexity index is 402. The molecule has 0 saturated heterocycles. The van der Waals surface area contributed by atoms with Gasteiger partial charge in [0, 0.05) is 6.42 Å². The fourth-order valence-electron chi connectivity index (χ4n) is 2.42. The normalized spacial score (nSPS) is 20.5. The molecule has 2 rings (SSSR count). The van der Waals surface area contributed by atoms with Crippen LogP contribution in [0.1, 0.15) is 31.2 Å². The first-order valence-corrected chi connectivity index (χ1v) is 6.65. The molecular weight excluding hydrogens is 287 g/mol. The Balaban J connectivity index is 2.12. The summed E-state index contributed by atoms with van der Waals surface area (Å²) < 4.78 is 13.7. The van der Waals surface area contributed by atoms with Crippen LogP contribution in [0.5, 0.6) is 0 Å². The average Bonchev–Trinajstić information content (AvgIpc) is 2.73. The molecule has 17 heavy (non-hydrogen) atoms. The van der Waals surface area contributed by atoms with Crippen molar-refractivity contribution in [2.24, 2.45) is 0 Å². The Morgan fingerprint density at radius 1 is 1.35 bits per heavy atom. The van der Waals surface area contributed by atoms with Gasteiger partial charge in [-0.05, 0) is 40.4 Å². The van der Waals surface area contributed by atoms with Gasteiger partial charge in [0.05, 0.1) is 16.2 Å². The molecule has 1 aliphatic carbocycles. The van der Waals surface area contributed by atoms with Gasteiger partial charge in [-0.2, -0.15) is 0 Å². The Morgan fingerprint density at radius 2 is 2.00 bits per heavy atom. The van der Waals surface area contributed by atoms with Crippen LogP contribution < -0.4 is 0 Å². The molecule has 2 N–H and O–H groups in total. The molecular formula is C13H16BrFO2. The Kier molecular flexibility index (Phi) is 3.85. The molecule has 0 bridgehead atoms. The molecule has 0 heterocycles. The lowest BCUT2D eigenvalue weighted by molar-refractivity contribution is -0.0690. The molecule has 0 spiro atoms. The summed E-state index contributed by atoms with van der Waals surface area (Å²) in [5.41, 5.74) is -0.302. The van der Waals surface area contributed by atoms with Gasteiger partial charge in [0.2, 0.25) is 0 Å². The van der Waals surface area contributed by atoms with Crippen LogP contribution in [0.15, 0.2) is 22.7 Å². The van der Waals surface area contributed by atoms with Crippen LogP contribution in [0, 0.1) is 5.82 Å². The van der Waals surface area contributed by atoms with Gasteiger partial charge in [-0.25, -0.2) is 4.39 Å². The van der Waals surface area contributed by atoms with E-state index in [2.05, 4.69) is 15.9 Å². The first-order chi connectivity index (χ1) is 8.03. The molecule has 2 nitrogen and oxygen atoms in total. The topological polar surface area (TPSA) is 40.5 Å². The van der Waals surface area contributed by atoms with Crippen LogP contribution in [-0.2, 0) is 6.42 Å². The van der Waals surface area contributed by atoms with E-state index in [1.165, 1.54) is 6.07 Å².